The van der Waals surface area contributed by atoms with E-state index >= 15 is 0 Å². The van der Waals surface area contributed by atoms with Crippen LogP contribution >= 0.6 is 23.2 Å². The average molecular weight is 556 g/mol. The number of fused-ring (bicyclic) bond motifs is 1. The lowest BCUT2D eigenvalue weighted by atomic mass is 10.1. The van der Waals surface area contributed by atoms with Crippen molar-refractivity contribution in [2.75, 3.05) is 22.7 Å². The normalized spacial score (nSPS) is 15.2. The van der Waals surface area contributed by atoms with Gasteiger partial charge in [-0.25, -0.2) is 12.8 Å². The van der Waals surface area contributed by atoms with E-state index in [0.29, 0.717) is 18.0 Å². The summed E-state index contributed by atoms with van der Waals surface area (Å²) in [5.41, 5.74) is 1.07. The fraction of sp³-hybridized carbons (Fsp3) is 0.304. The molecule has 36 heavy (non-hydrogen) atoms. The summed E-state index contributed by atoms with van der Waals surface area (Å²) in [7, 11) is -4.15. The van der Waals surface area contributed by atoms with E-state index in [9.17, 15) is 17.6 Å². The maximum absolute atomic E-state index is 14.2. The van der Waals surface area contributed by atoms with Crippen LogP contribution in [0.15, 0.2) is 47.5 Å². The number of carbonyl (C=O) groups is 1. The Morgan fingerprint density at radius 2 is 2.06 bits per heavy atom. The third-order valence-corrected chi connectivity index (χ3v) is 8.10. The van der Waals surface area contributed by atoms with Gasteiger partial charge in [-0.15, -0.1) is 0 Å². The molecule has 1 aliphatic rings. The first-order chi connectivity index (χ1) is 17.1. The number of sulfonamides is 1. The van der Waals surface area contributed by atoms with Gasteiger partial charge in [-0.05, 0) is 37.3 Å². The monoisotopic (exact) mass is 555 g/mol. The van der Waals surface area contributed by atoms with Crippen LogP contribution in [0.25, 0.3) is 0 Å². The molecule has 0 saturated carbocycles. The summed E-state index contributed by atoms with van der Waals surface area (Å²) in [5.74, 6) is -0.421. The van der Waals surface area contributed by atoms with E-state index < -0.39 is 21.9 Å². The highest BCUT2D eigenvalue weighted by Crippen LogP contribution is 2.40. The topological polar surface area (TPSA) is 106 Å². The SMILES string of the molecule is CCn1cc(S(=O)(=O)N2CC(CNC(C)=O)Oc3ccc(NCc4c(F)cccc4Cl)cc32)c(Cl)n1. The Bertz CT molecular complexity index is 1380. The van der Waals surface area contributed by atoms with Crippen molar-refractivity contribution in [2.45, 2.75) is 37.9 Å². The van der Waals surface area contributed by atoms with Crippen LogP contribution in [-0.2, 0) is 27.9 Å². The van der Waals surface area contributed by atoms with Gasteiger partial charge in [-0.1, -0.05) is 29.3 Å². The Hall–Kier alpha value is -3.02. The Balaban J connectivity index is 1.69. The minimum Gasteiger partial charge on any atom is -0.484 e. The molecular weight excluding hydrogens is 532 g/mol. The number of hydrogen-bond acceptors (Lipinski definition) is 6. The Labute approximate surface area is 218 Å². The van der Waals surface area contributed by atoms with Gasteiger partial charge in [0.25, 0.3) is 10.0 Å². The lowest BCUT2D eigenvalue weighted by molar-refractivity contribution is -0.119. The number of halogens is 3. The minimum absolute atomic E-state index is 0.0775. The van der Waals surface area contributed by atoms with Crippen LogP contribution in [0.1, 0.15) is 19.4 Å². The summed E-state index contributed by atoms with van der Waals surface area (Å²) >= 11 is 12.3. The first-order valence-electron chi connectivity index (χ1n) is 11.1. The Kier molecular flexibility index (Phi) is 7.62. The van der Waals surface area contributed by atoms with Crippen LogP contribution in [0.5, 0.6) is 5.75 Å². The van der Waals surface area contributed by atoms with Crippen molar-refractivity contribution in [1.29, 1.82) is 0 Å². The zero-order chi connectivity index (χ0) is 26.0. The van der Waals surface area contributed by atoms with Crippen LogP contribution in [0.3, 0.4) is 0 Å². The summed E-state index contributed by atoms with van der Waals surface area (Å²) < 4.78 is 50.2. The smallest absolute Gasteiger partial charge is 0.269 e. The van der Waals surface area contributed by atoms with Crippen LogP contribution in [0, 0.1) is 5.82 Å². The molecule has 2 N–H and O–H groups in total. The fourth-order valence-corrected chi connectivity index (χ4v) is 5.92. The van der Waals surface area contributed by atoms with E-state index in [1.54, 1.807) is 24.3 Å². The molecule has 1 amide bonds. The number of aromatic nitrogens is 2. The van der Waals surface area contributed by atoms with Gasteiger partial charge in [0.05, 0.1) is 18.8 Å². The Morgan fingerprint density at radius 1 is 1.28 bits per heavy atom. The van der Waals surface area contributed by atoms with Crippen LogP contribution in [-0.4, -0.2) is 43.3 Å². The van der Waals surface area contributed by atoms with E-state index in [1.165, 1.54) is 34.2 Å². The van der Waals surface area contributed by atoms with Crippen LogP contribution in [0.4, 0.5) is 15.8 Å². The highest BCUT2D eigenvalue weighted by molar-refractivity contribution is 7.93. The van der Waals surface area contributed by atoms with Crippen LogP contribution in [0.2, 0.25) is 10.2 Å². The van der Waals surface area contributed by atoms with Gasteiger partial charge in [0, 0.05) is 42.5 Å². The molecule has 2 heterocycles. The number of anilines is 2. The van der Waals surface area contributed by atoms with Crippen molar-refractivity contribution in [3.8, 4) is 5.75 Å². The molecule has 13 heteroatoms. The third kappa shape index (κ3) is 5.37. The number of nitrogens with zero attached hydrogens (tertiary/aromatic N) is 3. The molecular formula is C23H24Cl2FN5O4S. The highest BCUT2D eigenvalue weighted by Gasteiger charge is 2.37. The van der Waals surface area contributed by atoms with E-state index in [1.807, 2.05) is 6.92 Å². The fourth-order valence-electron chi connectivity index (χ4n) is 3.74. The van der Waals surface area contributed by atoms with E-state index in [-0.39, 0.29) is 51.9 Å². The lowest BCUT2D eigenvalue weighted by Gasteiger charge is -2.35. The number of amides is 1. The molecule has 0 bridgehead atoms. The molecule has 0 aliphatic carbocycles. The predicted octanol–water partition coefficient (Wildman–Crippen LogP) is 4.05. The molecule has 2 aromatic carbocycles. The summed E-state index contributed by atoms with van der Waals surface area (Å²) in [5, 5.41) is 9.91. The van der Waals surface area contributed by atoms with Gasteiger partial charge in [-0.3, -0.25) is 13.8 Å². The van der Waals surface area contributed by atoms with E-state index in [4.69, 9.17) is 27.9 Å². The van der Waals surface area contributed by atoms with Gasteiger partial charge in [0.2, 0.25) is 5.91 Å². The van der Waals surface area contributed by atoms with Gasteiger partial charge in [0.1, 0.15) is 22.6 Å². The molecule has 0 spiro atoms. The van der Waals surface area contributed by atoms with Crippen molar-refractivity contribution in [2.24, 2.45) is 0 Å². The molecule has 9 nitrogen and oxygen atoms in total. The van der Waals surface area contributed by atoms with Gasteiger partial charge >= 0.3 is 0 Å². The number of ether oxygens (including phenoxy) is 1. The second kappa shape index (κ2) is 10.5. The zero-order valence-corrected chi connectivity index (χ0v) is 21.8. The first-order valence-corrected chi connectivity index (χ1v) is 13.3. The molecule has 0 radical (unpaired) electrons. The van der Waals surface area contributed by atoms with Crippen LogP contribution < -0.4 is 19.7 Å². The second-order valence-electron chi connectivity index (χ2n) is 8.09. The molecule has 1 atom stereocenters. The maximum atomic E-state index is 14.2. The Morgan fingerprint density at radius 3 is 2.72 bits per heavy atom. The summed E-state index contributed by atoms with van der Waals surface area (Å²) in [4.78, 5) is 11.3. The van der Waals surface area contributed by atoms with Crippen molar-refractivity contribution >= 4 is 50.5 Å². The van der Waals surface area contributed by atoms with E-state index in [2.05, 4.69) is 15.7 Å². The number of rotatable bonds is 8. The van der Waals surface area contributed by atoms with Gasteiger partial charge in [0.15, 0.2) is 5.15 Å². The molecule has 1 unspecified atom stereocenters. The molecule has 4 rings (SSSR count). The summed E-state index contributed by atoms with van der Waals surface area (Å²) in [6.07, 6.45) is 0.727. The van der Waals surface area contributed by atoms with Gasteiger partial charge < -0.3 is 15.4 Å². The molecule has 1 aromatic heterocycles. The first kappa shape index (κ1) is 26.1. The molecule has 0 saturated heterocycles. The predicted molar refractivity (Wildman–Crippen MR) is 136 cm³/mol. The standard InChI is InChI=1S/C23H24Cl2FN5O4S/c1-3-30-13-22(23(25)29-30)36(33,34)31-12-16(10-27-14(2)32)35-21-8-7-15(9-20(21)31)28-11-17-18(24)5-4-6-19(17)26/h4-9,13,16,28H,3,10-12H2,1-2H3,(H,27,32). The molecule has 192 valence electrons. The highest BCUT2D eigenvalue weighted by atomic mass is 35.5. The number of aryl methyl sites for hydroxylation is 1. The second-order valence-corrected chi connectivity index (χ2v) is 10.7. The summed E-state index contributed by atoms with van der Waals surface area (Å²) in [6.45, 7) is 3.72. The largest absolute Gasteiger partial charge is 0.484 e. The van der Waals surface area contributed by atoms with Crippen molar-refractivity contribution in [3.63, 3.8) is 0 Å². The molecule has 1 aliphatic heterocycles. The summed E-state index contributed by atoms with van der Waals surface area (Å²) in [6, 6.07) is 9.30. The quantitative estimate of drug-likeness (QED) is 0.434. The van der Waals surface area contributed by atoms with Gasteiger partial charge in [-0.2, -0.15) is 5.10 Å². The number of hydrogen-bond donors (Lipinski definition) is 2. The van der Waals surface area contributed by atoms with Crippen molar-refractivity contribution in [3.05, 3.63) is 64.2 Å². The number of carbonyl (C=O) groups excluding carboxylic acids is 1. The maximum Gasteiger partial charge on any atom is 0.269 e. The van der Waals surface area contributed by atoms with Crippen molar-refractivity contribution in [1.82, 2.24) is 15.1 Å². The lowest BCUT2D eigenvalue weighted by Crippen LogP contribution is -2.48. The average Bonchev–Trinajstić information content (AvgIpc) is 3.23. The number of benzene rings is 2. The zero-order valence-electron chi connectivity index (χ0n) is 19.5. The third-order valence-electron chi connectivity index (χ3n) is 5.58. The molecule has 0 fully saturated rings. The van der Waals surface area contributed by atoms with Crippen molar-refractivity contribution < 1.29 is 22.3 Å². The minimum atomic E-state index is -4.15. The van der Waals surface area contributed by atoms with E-state index in [0.717, 1.165) is 0 Å². The molecule has 3 aromatic rings. The number of nitrogens with one attached hydrogen (secondary N) is 2.